The third kappa shape index (κ3) is 4.05. The van der Waals surface area contributed by atoms with Crippen LogP contribution in [0.5, 0.6) is 0 Å². The molecular formula is C20H30NO4P. The molecule has 0 bridgehead atoms. The van der Waals surface area contributed by atoms with Gasteiger partial charge in [0.2, 0.25) is 7.37 Å². The van der Waals surface area contributed by atoms with Gasteiger partial charge in [-0.05, 0) is 25.3 Å². The third-order valence-corrected chi connectivity index (χ3v) is 8.61. The molecule has 1 aliphatic carbocycles. The standard InChI is InChI=1S/C20H30NO4P/c1-5-8-14-26(23,25-7-3)20(15-18(20)6-2)21(4)19(22)24-16-17-12-10-9-11-13-17/h6,9-13,18H,2,5,7-8,14-16H2,1,3-4H3/t18-,20+,26?/m1/s1. The first kappa shape index (κ1) is 20.7. The van der Waals surface area contributed by atoms with E-state index in [1.165, 1.54) is 4.90 Å². The van der Waals surface area contributed by atoms with Crippen LogP contribution in [0.4, 0.5) is 4.79 Å². The van der Waals surface area contributed by atoms with Crippen LogP contribution in [0.2, 0.25) is 0 Å². The fraction of sp³-hybridized carbons (Fsp3) is 0.550. The second kappa shape index (κ2) is 8.88. The van der Waals surface area contributed by atoms with Crippen molar-refractivity contribution in [2.75, 3.05) is 19.8 Å². The Morgan fingerprint density at radius 1 is 1.38 bits per heavy atom. The number of carbonyl (C=O) groups excluding carboxylic acids is 1. The minimum Gasteiger partial charge on any atom is -0.445 e. The van der Waals surface area contributed by atoms with Gasteiger partial charge in [-0.15, -0.1) is 6.58 Å². The minimum absolute atomic E-state index is 0.0361. The van der Waals surface area contributed by atoms with Gasteiger partial charge in [-0.2, -0.15) is 0 Å². The maximum Gasteiger partial charge on any atom is 0.410 e. The van der Waals surface area contributed by atoms with Crippen molar-refractivity contribution in [2.24, 2.45) is 5.92 Å². The largest absolute Gasteiger partial charge is 0.445 e. The van der Waals surface area contributed by atoms with Crippen LogP contribution in [0.1, 0.15) is 38.7 Å². The predicted octanol–water partition coefficient (Wildman–Crippen LogP) is 5.27. The van der Waals surface area contributed by atoms with Gasteiger partial charge in [0.15, 0.2) is 0 Å². The summed E-state index contributed by atoms with van der Waals surface area (Å²) in [6.07, 6.45) is 4.10. The lowest BCUT2D eigenvalue weighted by atomic mass is 10.2. The van der Waals surface area contributed by atoms with E-state index in [1.54, 1.807) is 13.1 Å². The summed E-state index contributed by atoms with van der Waals surface area (Å²) in [6, 6.07) is 9.52. The number of rotatable bonds is 10. The molecule has 3 atom stereocenters. The molecule has 5 nitrogen and oxygen atoms in total. The van der Waals surface area contributed by atoms with Crippen molar-refractivity contribution in [1.82, 2.24) is 4.90 Å². The van der Waals surface area contributed by atoms with Gasteiger partial charge < -0.3 is 9.26 Å². The first-order valence-electron chi connectivity index (χ1n) is 9.26. The first-order chi connectivity index (χ1) is 12.4. The maximum atomic E-state index is 13.7. The van der Waals surface area contributed by atoms with Crippen LogP contribution in [0.25, 0.3) is 0 Å². The van der Waals surface area contributed by atoms with Crippen LogP contribution in [-0.2, 0) is 20.4 Å². The maximum absolute atomic E-state index is 13.7. The molecule has 0 N–H and O–H groups in total. The lowest BCUT2D eigenvalue weighted by Crippen LogP contribution is -2.41. The van der Waals surface area contributed by atoms with Crippen LogP contribution in [0.3, 0.4) is 0 Å². The molecule has 1 saturated carbocycles. The molecule has 1 unspecified atom stereocenters. The van der Waals surface area contributed by atoms with E-state index in [0.717, 1.165) is 18.4 Å². The van der Waals surface area contributed by atoms with E-state index in [4.69, 9.17) is 9.26 Å². The van der Waals surface area contributed by atoms with Gasteiger partial charge >= 0.3 is 6.09 Å². The summed E-state index contributed by atoms with van der Waals surface area (Å²) in [5.41, 5.74) is 0.915. The molecule has 1 aliphatic rings. The summed E-state index contributed by atoms with van der Waals surface area (Å²) in [4.78, 5) is 14.2. The van der Waals surface area contributed by atoms with Gasteiger partial charge in [0, 0.05) is 19.1 Å². The van der Waals surface area contributed by atoms with Crippen molar-refractivity contribution in [3.05, 3.63) is 48.6 Å². The smallest absolute Gasteiger partial charge is 0.410 e. The second-order valence-electron chi connectivity index (χ2n) is 6.69. The molecule has 1 aromatic carbocycles. The van der Waals surface area contributed by atoms with E-state index in [9.17, 15) is 9.36 Å². The monoisotopic (exact) mass is 379 g/mol. The Morgan fingerprint density at radius 3 is 2.62 bits per heavy atom. The third-order valence-electron chi connectivity index (χ3n) is 5.03. The molecule has 0 heterocycles. The molecule has 0 spiro atoms. The highest BCUT2D eigenvalue weighted by atomic mass is 31.2. The number of carbonyl (C=O) groups is 1. The summed E-state index contributed by atoms with van der Waals surface area (Å²) >= 11 is 0. The Kier molecular flexibility index (Phi) is 7.08. The number of hydrogen-bond donors (Lipinski definition) is 0. The molecule has 26 heavy (non-hydrogen) atoms. The minimum atomic E-state index is -3.05. The Hall–Kier alpha value is -1.58. The van der Waals surface area contributed by atoms with Gasteiger partial charge in [-0.1, -0.05) is 49.8 Å². The topological polar surface area (TPSA) is 55.8 Å². The Balaban J connectivity index is 2.17. The fourth-order valence-corrected chi connectivity index (χ4v) is 6.98. The molecule has 0 aliphatic heterocycles. The molecule has 1 fully saturated rings. The fourth-order valence-electron chi connectivity index (χ4n) is 3.46. The summed E-state index contributed by atoms with van der Waals surface area (Å²) in [5.74, 6) is -0.0361. The highest BCUT2D eigenvalue weighted by Crippen LogP contribution is 2.75. The molecule has 6 heteroatoms. The van der Waals surface area contributed by atoms with Gasteiger partial charge in [-0.25, -0.2) is 4.79 Å². The van der Waals surface area contributed by atoms with E-state index < -0.39 is 18.7 Å². The molecule has 1 aromatic rings. The van der Waals surface area contributed by atoms with Gasteiger partial charge in [0.25, 0.3) is 0 Å². The number of hydrogen-bond acceptors (Lipinski definition) is 4. The summed E-state index contributed by atoms with van der Waals surface area (Å²) in [5, 5.41) is -0.826. The van der Waals surface area contributed by atoms with Gasteiger partial charge in [0.1, 0.15) is 11.9 Å². The van der Waals surface area contributed by atoms with Crippen molar-refractivity contribution >= 4 is 13.5 Å². The lowest BCUT2D eigenvalue weighted by Gasteiger charge is -2.35. The van der Waals surface area contributed by atoms with Crippen LogP contribution >= 0.6 is 7.37 Å². The summed E-state index contributed by atoms with van der Waals surface area (Å²) in [6.45, 7) is 8.29. The van der Waals surface area contributed by atoms with Gasteiger partial charge in [-0.3, -0.25) is 9.46 Å². The first-order valence-corrected chi connectivity index (χ1v) is 11.1. The molecule has 2 rings (SSSR count). The van der Waals surface area contributed by atoms with E-state index in [1.807, 2.05) is 37.3 Å². The molecule has 0 saturated heterocycles. The number of nitrogens with zero attached hydrogens (tertiary/aromatic N) is 1. The normalized spacial score (nSPS) is 23.7. The zero-order valence-corrected chi connectivity index (χ0v) is 16.9. The Labute approximate surface area is 156 Å². The molecule has 144 valence electrons. The predicted molar refractivity (Wildman–Crippen MR) is 104 cm³/mol. The van der Waals surface area contributed by atoms with Crippen molar-refractivity contribution in [1.29, 1.82) is 0 Å². The zero-order chi connectivity index (χ0) is 19.2. The Bertz CT molecular complexity index is 663. The number of amides is 1. The number of unbranched alkanes of at least 4 members (excludes halogenated alkanes) is 1. The van der Waals surface area contributed by atoms with Crippen molar-refractivity contribution in [2.45, 2.75) is 45.0 Å². The van der Waals surface area contributed by atoms with Crippen LogP contribution in [0.15, 0.2) is 43.0 Å². The number of benzene rings is 1. The van der Waals surface area contributed by atoms with Crippen LogP contribution < -0.4 is 0 Å². The number of ether oxygens (including phenoxy) is 1. The van der Waals surface area contributed by atoms with Gasteiger partial charge in [0.05, 0.1) is 6.61 Å². The van der Waals surface area contributed by atoms with Crippen molar-refractivity contribution < 1.29 is 18.6 Å². The van der Waals surface area contributed by atoms with Crippen LogP contribution in [-0.4, -0.2) is 36.1 Å². The van der Waals surface area contributed by atoms with E-state index in [0.29, 0.717) is 19.2 Å². The van der Waals surface area contributed by atoms with Crippen LogP contribution in [0, 0.1) is 5.92 Å². The average molecular weight is 379 g/mol. The van der Waals surface area contributed by atoms with Crippen molar-refractivity contribution in [3.8, 4) is 0 Å². The average Bonchev–Trinajstić information content (AvgIpc) is 3.41. The summed E-state index contributed by atoms with van der Waals surface area (Å²) in [7, 11) is -1.39. The van der Waals surface area contributed by atoms with E-state index in [-0.39, 0.29) is 12.5 Å². The highest BCUT2D eigenvalue weighted by molar-refractivity contribution is 7.61. The molecular weight excluding hydrogens is 349 g/mol. The molecule has 0 aromatic heterocycles. The molecule has 1 amide bonds. The SMILES string of the molecule is C=C[C@@H]1C[C@]1(N(C)C(=O)OCc1ccccc1)P(=O)(CCCC)OCC. The van der Waals surface area contributed by atoms with Crippen molar-refractivity contribution in [3.63, 3.8) is 0 Å². The van der Waals surface area contributed by atoms with E-state index in [2.05, 4.69) is 13.5 Å². The zero-order valence-electron chi connectivity index (χ0n) is 16.0. The highest BCUT2D eigenvalue weighted by Gasteiger charge is 2.69. The van der Waals surface area contributed by atoms with E-state index >= 15 is 0 Å². The Morgan fingerprint density at radius 2 is 2.08 bits per heavy atom. The lowest BCUT2D eigenvalue weighted by molar-refractivity contribution is 0.0934. The summed E-state index contributed by atoms with van der Waals surface area (Å²) < 4.78 is 25.0. The molecule has 0 radical (unpaired) electrons. The second-order valence-corrected chi connectivity index (χ2v) is 9.52. The quantitative estimate of drug-likeness (QED) is 0.410.